The third kappa shape index (κ3) is 12.3. The number of carbonyl (C=O) groups is 1. The zero-order valence-electron chi connectivity index (χ0n) is 15.8. The van der Waals surface area contributed by atoms with Crippen molar-refractivity contribution in [1.82, 2.24) is 0 Å². The number of esters is 1. The Bertz CT molecular complexity index is 328. The van der Waals surface area contributed by atoms with Gasteiger partial charge in [0.2, 0.25) is 0 Å². The van der Waals surface area contributed by atoms with E-state index in [9.17, 15) is 4.79 Å². The minimum atomic E-state index is -0.824. The lowest BCUT2D eigenvalue weighted by Crippen LogP contribution is -2.44. The number of hydrogen-bond acceptors (Lipinski definition) is 3. The molecule has 0 aliphatic rings. The zero-order chi connectivity index (χ0) is 17.6. The van der Waals surface area contributed by atoms with E-state index in [1.165, 1.54) is 64.2 Å². The van der Waals surface area contributed by atoms with Crippen molar-refractivity contribution < 1.29 is 9.53 Å². The van der Waals surface area contributed by atoms with Crippen LogP contribution in [0.1, 0.15) is 104 Å². The lowest BCUT2D eigenvalue weighted by molar-refractivity contribution is -0.155. The van der Waals surface area contributed by atoms with Gasteiger partial charge in [-0.1, -0.05) is 84.6 Å². The summed E-state index contributed by atoms with van der Waals surface area (Å²) in [6.07, 6.45) is 15.7. The Kier molecular flexibility index (Phi) is 13.1. The average Bonchev–Trinajstić information content (AvgIpc) is 2.52. The molecule has 3 heteroatoms. The number of hydrogen-bond donors (Lipinski definition) is 1. The molecular formula is C20H39NO2. The van der Waals surface area contributed by atoms with E-state index in [0.717, 1.165) is 12.8 Å². The third-order valence-electron chi connectivity index (χ3n) is 4.45. The SMILES string of the molecule is C=C(C)C(=O)OC(N)(CC)CCCCCCCCCCCCC. The molecule has 0 amide bonds. The van der Waals surface area contributed by atoms with Crippen molar-refractivity contribution in [3.05, 3.63) is 12.2 Å². The van der Waals surface area contributed by atoms with Crippen LogP contribution in [0.4, 0.5) is 0 Å². The van der Waals surface area contributed by atoms with E-state index in [0.29, 0.717) is 12.0 Å². The molecule has 1 unspecified atom stereocenters. The Hall–Kier alpha value is -0.830. The molecule has 0 bridgehead atoms. The monoisotopic (exact) mass is 325 g/mol. The highest BCUT2D eigenvalue weighted by atomic mass is 16.6. The van der Waals surface area contributed by atoms with Gasteiger partial charge in [-0.05, 0) is 19.8 Å². The molecular weight excluding hydrogens is 286 g/mol. The Morgan fingerprint density at radius 3 is 1.74 bits per heavy atom. The summed E-state index contributed by atoms with van der Waals surface area (Å²) in [6, 6.07) is 0. The summed E-state index contributed by atoms with van der Waals surface area (Å²) in [5.74, 6) is -0.377. The van der Waals surface area contributed by atoms with Gasteiger partial charge < -0.3 is 4.74 Å². The quantitative estimate of drug-likeness (QED) is 0.177. The summed E-state index contributed by atoms with van der Waals surface area (Å²) < 4.78 is 5.38. The van der Waals surface area contributed by atoms with E-state index >= 15 is 0 Å². The maximum absolute atomic E-state index is 11.6. The highest BCUT2D eigenvalue weighted by molar-refractivity contribution is 5.87. The molecule has 0 radical (unpaired) electrons. The molecule has 2 N–H and O–H groups in total. The van der Waals surface area contributed by atoms with Gasteiger partial charge in [0.05, 0.1) is 0 Å². The van der Waals surface area contributed by atoms with Gasteiger partial charge in [0.15, 0.2) is 5.72 Å². The van der Waals surface area contributed by atoms with E-state index in [2.05, 4.69) is 13.5 Å². The second kappa shape index (κ2) is 13.6. The first kappa shape index (κ1) is 22.2. The van der Waals surface area contributed by atoms with Crippen LogP contribution < -0.4 is 5.73 Å². The molecule has 0 fully saturated rings. The van der Waals surface area contributed by atoms with E-state index in [1.54, 1.807) is 6.92 Å². The van der Waals surface area contributed by atoms with Crippen LogP contribution in [0.5, 0.6) is 0 Å². The van der Waals surface area contributed by atoms with Crippen molar-refractivity contribution in [2.24, 2.45) is 5.73 Å². The van der Waals surface area contributed by atoms with Gasteiger partial charge in [-0.2, -0.15) is 0 Å². The average molecular weight is 326 g/mol. The summed E-state index contributed by atoms with van der Waals surface area (Å²) in [6.45, 7) is 9.48. The summed E-state index contributed by atoms with van der Waals surface area (Å²) in [7, 11) is 0. The molecule has 0 saturated heterocycles. The van der Waals surface area contributed by atoms with Crippen LogP contribution in [0.15, 0.2) is 12.2 Å². The number of rotatable bonds is 15. The normalized spacial score (nSPS) is 13.6. The molecule has 3 nitrogen and oxygen atoms in total. The van der Waals surface area contributed by atoms with Gasteiger partial charge in [-0.3, -0.25) is 5.73 Å². The number of carbonyl (C=O) groups excluding carboxylic acids is 1. The number of nitrogens with two attached hydrogens (primary N) is 1. The molecule has 0 aromatic carbocycles. The summed E-state index contributed by atoms with van der Waals surface area (Å²) in [5, 5.41) is 0. The van der Waals surface area contributed by atoms with Crippen LogP contribution in [0, 0.1) is 0 Å². The van der Waals surface area contributed by atoms with E-state index in [-0.39, 0.29) is 5.97 Å². The standard InChI is InChI=1S/C20H39NO2/c1-5-7-8-9-10-11-12-13-14-15-16-17-20(21,6-2)23-19(22)18(3)4/h3,5-17,21H2,1-2,4H3. The molecule has 0 saturated carbocycles. The van der Waals surface area contributed by atoms with Crippen LogP contribution >= 0.6 is 0 Å². The minimum absolute atomic E-state index is 0.377. The molecule has 136 valence electrons. The first-order valence-electron chi connectivity index (χ1n) is 9.63. The van der Waals surface area contributed by atoms with Crippen molar-refractivity contribution in [2.75, 3.05) is 0 Å². The van der Waals surface area contributed by atoms with Crippen LogP contribution in [0.25, 0.3) is 0 Å². The Balaban J connectivity index is 3.61. The predicted octanol–water partition coefficient (Wildman–Crippen LogP) is 5.87. The first-order valence-corrected chi connectivity index (χ1v) is 9.63. The molecule has 0 rings (SSSR count). The zero-order valence-corrected chi connectivity index (χ0v) is 15.8. The molecule has 23 heavy (non-hydrogen) atoms. The van der Waals surface area contributed by atoms with Crippen molar-refractivity contribution >= 4 is 5.97 Å². The van der Waals surface area contributed by atoms with Gasteiger partial charge in [-0.15, -0.1) is 0 Å². The van der Waals surface area contributed by atoms with Crippen molar-refractivity contribution in [2.45, 2.75) is 110 Å². The van der Waals surface area contributed by atoms with E-state index in [4.69, 9.17) is 10.5 Å². The Labute approximate surface area is 144 Å². The molecule has 0 heterocycles. The van der Waals surface area contributed by atoms with Crippen LogP contribution in [0.3, 0.4) is 0 Å². The summed E-state index contributed by atoms with van der Waals surface area (Å²) in [4.78, 5) is 11.6. The summed E-state index contributed by atoms with van der Waals surface area (Å²) >= 11 is 0. The predicted molar refractivity (Wildman–Crippen MR) is 99.2 cm³/mol. The van der Waals surface area contributed by atoms with Crippen LogP contribution in [0.2, 0.25) is 0 Å². The largest absolute Gasteiger partial charge is 0.441 e. The van der Waals surface area contributed by atoms with E-state index in [1.807, 2.05) is 6.92 Å². The topological polar surface area (TPSA) is 52.3 Å². The fourth-order valence-corrected chi connectivity index (χ4v) is 2.66. The fourth-order valence-electron chi connectivity index (χ4n) is 2.66. The summed E-state index contributed by atoms with van der Waals surface area (Å²) in [5.41, 5.74) is 5.76. The van der Waals surface area contributed by atoms with E-state index < -0.39 is 5.72 Å². The Morgan fingerprint density at radius 2 is 1.35 bits per heavy atom. The second-order valence-electron chi connectivity index (χ2n) is 6.87. The van der Waals surface area contributed by atoms with Gasteiger partial charge in [0.25, 0.3) is 0 Å². The fraction of sp³-hybridized carbons (Fsp3) is 0.850. The third-order valence-corrected chi connectivity index (χ3v) is 4.45. The molecule has 0 aliphatic carbocycles. The van der Waals surface area contributed by atoms with Crippen molar-refractivity contribution in [1.29, 1.82) is 0 Å². The minimum Gasteiger partial charge on any atom is -0.441 e. The van der Waals surface area contributed by atoms with Gasteiger partial charge in [-0.25, -0.2) is 4.79 Å². The van der Waals surface area contributed by atoms with Crippen molar-refractivity contribution in [3.8, 4) is 0 Å². The lowest BCUT2D eigenvalue weighted by Gasteiger charge is -2.28. The molecule has 0 spiro atoms. The van der Waals surface area contributed by atoms with Gasteiger partial charge in [0.1, 0.15) is 0 Å². The van der Waals surface area contributed by atoms with Gasteiger partial charge >= 0.3 is 5.97 Å². The Morgan fingerprint density at radius 1 is 0.913 bits per heavy atom. The van der Waals surface area contributed by atoms with Crippen LogP contribution in [-0.4, -0.2) is 11.7 Å². The second-order valence-corrected chi connectivity index (χ2v) is 6.87. The smallest absolute Gasteiger partial charge is 0.334 e. The lowest BCUT2D eigenvalue weighted by atomic mass is 10.0. The maximum atomic E-state index is 11.6. The molecule has 0 aromatic rings. The number of unbranched alkanes of at least 4 members (excludes halogenated alkanes) is 10. The highest BCUT2D eigenvalue weighted by Crippen LogP contribution is 2.20. The van der Waals surface area contributed by atoms with Gasteiger partial charge in [0, 0.05) is 12.0 Å². The van der Waals surface area contributed by atoms with Crippen LogP contribution in [-0.2, 0) is 9.53 Å². The highest BCUT2D eigenvalue weighted by Gasteiger charge is 2.26. The first-order chi connectivity index (χ1) is 10.9. The van der Waals surface area contributed by atoms with Crippen molar-refractivity contribution in [3.63, 3.8) is 0 Å². The molecule has 0 aromatic heterocycles. The maximum Gasteiger partial charge on any atom is 0.334 e. The molecule has 0 aliphatic heterocycles. The number of ether oxygens (including phenoxy) is 1. The molecule has 1 atom stereocenters.